The van der Waals surface area contributed by atoms with Crippen molar-refractivity contribution >= 4 is 33.2 Å². The van der Waals surface area contributed by atoms with Crippen LogP contribution in [0.15, 0.2) is 35.2 Å². The Balaban J connectivity index is 1.80. The highest BCUT2D eigenvalue weighted by atomic mass is 35.5. The molecular weight excluding hydrogens is 371 g/mol. The Morgan fingerprint density at radius 1 is 1.12 bits per heavy atom. The molecule has 1 heterocycles. The normalized spacial score (nSPS) is 13.8. The Morgan fingerprint density at radius 2 is 1.88 bits per heavy atom. The maximum Gasteiger partial charge on any atom is 0.242 e. The van der Waals surface area contributed by atoms with Gasteiger partial charge in [-0.2, -0.15) is 0 Å². The third kappa shape index (κ3) is 3.53. The van der Waals surface area contributed by atoms with Gasteiger partial charge in [-0.1, -0.05) is 41.4 Å². The molecule has 1 aliphatic heterocycles. The van der Waals surface area contributed by atoms with Crippen molar-refractivity contribution in [1.82, 2.24) is 10.0 Å². The van der Waals surface area contributed by atoms with Crippen LogP contribution in [0.5, 0.6) is 5.75 Å². The van der Waals surface area contributed by atoms with E-state index in [9.17, 15) is 8.42 Å². The summed E-state index contributed by atoms with van der Waals surface area (Å²) in [5.74, 6) is 0.326. The number of benzene rings is 2. The van der Waals surface area contributed by atoms with E-state index in [1.54, 1.807) is 0 Å². The maximum absolute atomic E-state index is 12.5. The molecule has 5 nitrogen and oxygen atoms in total. The summed E-state index contributed by atoms with van der Waals surface area (Å²) in [6.45, 7) is 1.83. The van der Waals surface area contributed by atoms with Gasteiger partial charge in [0.25, 0.3) is 0 Å². The van der Waals surface area contributed by atoms with Crippen molar-refractivity contribution in [1.29, 1.82) is 0 Å². The van der Waals surface area contributed by atoms with Crippen molar-refractivity contribution in [3.8, 4) is 5.75 Å². The van der Waals surface area contributed by atoms with Gasteiger partial charge in [-0.3, -0.25) is 0 Å². The smallest absolute Gasteiger partial charge is 0.242 e. The van der Waals surface area contributed by atoms with Gasteiger partial charge in [0.05, 0.1) is 17.2 Å². The molecule has 0 saturated heterocycles. The zero-order chi connectivity index (χ0) is 17.3. The van der Waals surface area contributed by atoms with Crippen molar-refractivity contribution in [2.45, 2.75) is 24.5 Å². The second-order valence-electron chi connectivity index (χ2n) is 5.45. The van der Waals surface area contributed by atoms with Crippen LogP contribution in [0.4, 0.5) is 0 Å². The minimum absolute atomic E-state index is 0.0573. The summed E-state index contributed by atoms with van der Waals surface area (Å²) in [7, 11) is -2.35. The zero-order valence-corrected chi connectivity index (χ0v) is 15.2. The SMILES string of the molecule is COc1cc(Cl)c(S(=O)(=O)NCc2ccc3c(c2)CNC3)cc1Cl. The summed E-state index contributed by atoms with van der Waals surface area (Å²) in [6.07, 6.45) is 0. The van der Waals surface area contributed by atoms with Crippen LogP contribution in [-0.4, -0.2) is 15.5 Å². The van der Waals surface area contributed by atoms with E-state index in [4.69, 9.17) is 27.9 Å². The average Bonchev–Trinajstić information content (AvgIpc) is 3.02. The number of sulfonamides is 1. The first-order valence-corrected chi connectivity index (χ1v) is 9.49. The molecule has 0 aliphatic carbocycles. The van der Waals surface area contributed by atoms with Gasteiger partial charge in [0.1, 0.15) is 10.6 Å². The fourth-order valence-corrected chi connectivity index (χ4v) is 4.45. The Bertz CT molecular complexity index is 885. The van der Waals surface area contributed by atoms with E-state index < -0.39 is 10.0 Å². The molecule has 0 fully saturated rings. The summed E-state index contributed by atoms with van der Waals surface area (Å²) >= 11 is 12.1. The van der Waals surface area contributed by atoms with E-state index in [1.165, 1.54) is 30.4 Å². The predicted molar refractivity (Wildman–Crippen MR) is 94.0 cm³/mol. The second-order valence-corrected chi connectivity index (χ2v) is 8.00. The highest BCUT2D eigenvalue weighted by Gasteiger charge is 2.20. The molecule has 0 spiro atoms. The Kier molecular flexibility index (Phi) is 5.03. The number of halogens is 2. The molecular formula is C16H16Cl2N2O3S. The van der Waals surface area contributed by atoms with Crippen LogP contribution in [0.1, 0.15) is 16.7 Å². The highest BCUT2D eigenvalue weighted by Crippen LogP contribution is 2.33. The van der Waals surface area contributed by atoms with E-state index in [2.05, 4.69) is 10.0 Å². The van der Waals surface area contributed by atoms with Gasteiger partial charge < -0.3 is 10.1 Å². The fraction of sp³-hybridized carbons (Fsp3) is 0.250. The van der Waals surface area contributed by atoms with Gasteiger partial charge in [0, 0.05) is 25.7 Å². The molecule has 3 rings (SSSR count). The van der Waals surface area contributed by atoms with Crippen molar-refractivity contribution in [3.63, 3.8) is 0 Å². The lowest BCUT2D eigenvalue weighted by Crippen LogP contribution is -2.23. The van der Waals surface area contributed by atoms with Crippen LogP contribution in [0, 0.1) is 0 Å². The van der Waals surface area contributed by atoms with E-state index >= 15 is 0 Å². The molecule has 24 heavy (non-hydrogen) atoms. The first-order chi connectivity index (χ1) is 11.4. The Labute approximate surface area is 151 Å². The van der Waals surface area contributed by atoms with Crippen LogP contribution in [0.3, 0.4) is 0 Å². The minimum atomic E-state index is -3.79. The third-order valence-electron chi connectivity index (χ3n) is 3.86. The minimum Gasteiger partial charge on any atom is -0.495 e. The summed E-state index contributed by atoms with van der Waals surface area (Å²) < 4.78 is 32.6. The fourth-order valence-electron chi connectivity index (χ4n) is 2.59. The maximum atomic E-state index is 12.5. The number of hydrogen-bond acceptors (Lipinski definition) is 4. The van der Waals surface area contributed by atoms with Gasteiger partial charge >= 0.3 is 0 Å². The summed E-state index contributed by atoms with van der Waals surface area (Å²) in [5, 5.41) is 3.50. The molecule has 8 heteroatoms. The van der Waals surface area contributed by atoms with Gasteiger partial charge in [-0.25, -0.2) is 13.1 Å². The van der Waals surface area contributed by atoms with Gasteiger partial charge in [-0.05, 0) is 22.8 Å². The number of rotatable bonds is 5. The molecule has 0 bridgehead atoms. The van der Waals surface area contributed by atoms with E-state index in [0.29, 0.717) is 5.75 Å². The topological polar surface area (TPSA) is 67.4 Å². The number of hydrogen-bond donors (Lipinski definition) is 2. The molecule has 0 aromatic heterocycles. The largest absolute Gasteiger partial charge is 0.495 e. The first-order valence-electron chi connectivity index (χ1n) is 7.25. The molecule has 0 unspecified atom stereocenters. The lowest BCUT2D eigenvalue weighted by Gasteiger charge is -2.11. The Hall–Kier alpha value is -1.31. The molecule has 0 atom stereocenters. The molecule has 0 saturated carbocycles. The molecule has 1 aliphatic rings. The molecule has 2 aromatic rings. The molecule has 2 aromatic carbocycles. The predicted octanol–water partition coefficient (Wildman–Crippen LogP) is 3.08. The van der Waals surface area contributed by atoms with Crippen molar-refractivity contribution < 1.29 is 13.2 Å². The van der Waals surface area contributed by atoms with Crippen LogP contribution >= 0.6 is 23.2 Å². The van der Waals surface area contributed by atoms with Crippen molar-refractivity contribution in [2.24, 2.45) is 0 Å². The van der Waals surface area contributed by atoms with E-state index in [-0.39, 0.29) is 21.5 Å². The number of methoxy groups -OCH3 is 1. The monoisotopic (exact) mass is 386 g/mol. The number of fused-ring (bicyclic) bond motifs is 1. The lowest BCUT2D eigenvalue weighted by atomic mass is 10.1. The van der Waals surface area contributed by atoms with Gasteiger partial charge in [0.15, 0.2) is 0 Å². The van der Waals surface area contributed by atoms with Crippen LogP contribution < -0.4 is 14.8 Å². The standard InChI is InChI=1S/C16H16Cl2N2O3S/c1-23-15-5-14(18)16(6-13(15)17)24(21,22)20-7-10-2-3-11-8-19-9-12(11)4-10/h2-6,19-20H,7-9H2,1H3. The highest BCUT2D eigenvalue weighted by molar-refractivity contribution is 7.89. The average molecular weight is 387 g/mol. The molecule has 128 valence electrons. The zero-order valence-electron chi connectivity index (χ0n) is 12.9. The van der Waals surface area contributed by atoms with Crippen molar-refractivity contribution in [2.75, 3.05) is 7.11 Å². The van der Waals surface area contributed by atoms with Crippen LogP contribution in [0.25, 0.3) is 0 Å². The first kappa shape index (κ1) is 17.5. The summed E-state index contributed by atoms with van der Waals surface area (Å²) in [6, 6.07) is 8.60. The van der Waals surface area contributed by atoms with Gasteiger partial charge in [-0.15, -0.1) is 0 Å². The summed E-state index contributed by atoms with van der Waals surface area (Å²) in [5.41, 5.74) is 3.32. The summed E-state index contributed by atoms with van der Waals surface area (Å²) in [4.78, 5) is -0.0715. The van der Waals surface area contributed by atoms with Gasteiger partial charge in [0.2, 0.25) is 10.0 Å². The third-order valence-corrected chi connectivity index (χ3v) is 6.03. The van der Waals surface area contributed by atoms with E-state index in [0.717, 1.165) is 18.7 Å². The lowest BCUT2D eigenvalue weighted by molar-refractivity contribution is 0.414. The van der Waals surface area contributed by atoms with Crippen LogP contribution in [-0.2, 0) is 29.7 Å². The van der Waals surface area contributed by atoms with Crippen molar-refractivity contribution in [3.05, 3.63) is 57.1 Å². The number of nitrogens with one attached hydrogen (secondary N) is 2. The molecule has 0 amide bonds. The van der Waals surface area contributed by atoms with Crippen LogP contribution in [0.2, 0.25) is 10.0 Å². The second kappa shape index (κ2) is 6.90. The quantitative estimate of drug-likeness (QED) is 0.828. The Morgan fingerprint density at radius 3 is 2.62 bits per heavy atom. The molecule has 0 radical (unpaired) electrons. The molecule has 2 N–H and O–H groups in total. The number of ether oxygens (including phenoxy) is 1. The van der Waals surface area contributed by atoms with E-state index in [1.807, 2.05) is 18.2 Å².